The molecule has 1 saturated heterocycles. The third kappa shape index (κ3) is 3.46. The smallest absolute Gasteiger partial charge is 0.246 e. The molecule has 2 rings (SSSR count). The van der Waals surface area contributed by atoms with E-state index in [0.29, 0.717) is 41.8 Å². The van der Waals surface area contributed by atoms with Gasteiger partial charge in [0.05, 0.1) is 11.4 Å². The summed E-state index contributed by atoms with van der Waals surface area (Å²) in [5.74, 6) is 0.470. The molecule has 0 spiro atoms. The maximum absolute atomic E-state index is 13.0. The molecule has 0 aromatic carbocycles. The van der Waals surface area contributed by atoms with Gasteiger partial charge in [-0.15, -0.1) is 0 Å². The van der Waals surface area contributed by atoms with Crippen molar-refractivity contribution in [1.82, 2.24) is 19.8 Å². The van der Waals surface area contributed by atoms with E-state index in [-0.39, 0.29) is 0 Å². The lowest BCUT2D eigenvalue weighted by atomic mass is 9.97. The largest absolute Gasteiger partial charge is 0.311 e. The molecule has 6 nitrogen and oxygen atoms in total. The Hall–Kier alpha value is -0.920. The number of H-pyrrole nitrogens is 1. The summed E-state index contributed by atoms with van der Waals surface area (Å²) in [7, 11) is -3.45. The first-order valence-electron chi connectivity index (χ1n) is 7.75. The molecule has 1 unspecified atom stereocenters. The van der Waals surface area contributed by atoms with Crippen LogP contribution in [0.15, 0.2) is 4.90 Å². The third-order valence-corrected chi connectivity index (χ3v) is 6.23. The molecular formula is C14H26N4O2S. The van der Waals surface area contributed by atoms with Crippen molar-refractivity contribution in [3.63, 3.8) is 0 Å². The second-order valence-electron chi connectivity index (χ2n) is 5.68. The zero-order valence-electron chi connectivity index (χ0n) is 13.1. The van der Waals surface area contributed by atoms with Crippen molar-refractivity contribution in [2.24, 2.45) is 5.92 Å². The van der Waals surface area contributed by atoms with E-state index in [2.05, 4.69) is 22.4 Å². The Morgan fingerprint density at radius 3 is 2.86 bits per heavy atom. The van der Waals surface area contributed by atoms with Gasteiger partial charge in [0.25, 0.3) is 0 Å². The predicted octanol–water partition coefficient (Wildman–Crippen LogP) is 1.64. The fourth-order valence-corrected chi connectivity index (χ4v) is 4.77. The van der Waals surface area contributed by atoms with Gasteiger partial charge in [0.15, 0.2) is 0 Å². The lowest BCUT2D eigenvalue weighted by Crippen LogP contribution is -2.40. The van der Waals surface area contributed by atoms with E-state index >= 15 is 0 Å². The lowest BCUT2D eigenvalue weighted by molar-refractivity contribution is 0.261. The predicted molar refractivity (Wildman–Crippen MR) is 82.5 cm³/mol. The monoisotopic (exact) mass is 314 g/mol. The zero-order valence-corrected chi connectivity index (χ0v) is 14.0. The molecule has 1 aromatic rings. The summed E-state index contributed by atoms with van der Waals surface area (Å²) in [6.45, 7) is 8.39. The molecule has 1 aliphatic heterocycles. The van der Waals surface area contributed by atoms with Crippen molar-refractivity contribution >= 4 is 10.0 Å². The Labute approximate surface area is 127 Å². The summed E-state index contributed by atoms with van der Waals surface area (Å²) in [4.78, 5) is 0.361. The Morgan fingerprint density at radius 2 is 2.19 bits per heavy atom. The zero-order chi connectivity index (χ0) is 15.5. The van der Waals surface area contributed by atoms with Crippen LogP contribution in [0.25, 0.3) is 0 Å². The van der Waals surface area contributed by atoms with Crippen LogP contribution in [0.2, 0.25) is 0 Å². The normalized spacial score (nSPS) is 20.8. The summed E-state index contributed by atoms with van der Waals surface area (Å²) in [5.41, 5.74) is 1.22. The van der Waals surface area contributed by atoms with Crippen molar-refractivity contribution in [1.29, 1.82) is 0 Å². The molecule has 0 bridgehead atoms. The molecule has 2 heterocycles. The second-order valence-corrected chi connectivity index (χ2v) is 7.56. The average Bonchev–Trinajstić information content (AvgIpc) is 2.86. The number of hydrogen-bond donors (Lipinski definition) is 2. The van der Waals surface area contributed by atoms with E-state index in [1.54, 1.807) is 11.2 Å². The minimum Gasteiger partial charge on any atom is -0.311 e. The van der Waals surface area contributed by atoms with Crippen LogP contribution in [0.3, 0.4) is 0 Å². The molecule has 1 aliphatic rings. The highest BCUT2D eigenvalue weighted by molar-refractivity contribution is 7.89. The molecule has 2 N–H and O–H groups in total. The molecule has 1 fully saturated rings. The molecule has 1 aromatic heterocycles. The minimum absolute atomic E-state index is 0.361. The number of rotatable bonds is 6. The van der Waals surface area contributed by atoms with Gasteiger partial charge in [0, 0.05) is 19.6 Å². The van der Waals surface area contributed by atoms with Gasteiger partial charge >= 0.3 is 0 Å². The highest BCUT2D eigenvalue weighted by Crippen LogP contribution is 2.28. The summed E-state index contributed by atoms with van der Waals surface area (Å²) < 4.78 is 27.5. The molecule has 120 valence electrons. The number of aromatic nitrogens is 2. The van der Waals surface area contributed by atoms with Crippen molar-refractivity contribution < 1.29 is 8.42 Å². The SMILES string of the molecule is CCNCc1n[nH]c(C)c1S(=O)(=O)N1CCCC(CC)C1. The lowest BCUT2D eigenvalue weighted by Gasteiger charge is -2.31. The van der Waals surface area contributed by atoms with Crippen molar-refractivity contribution in [3.8, 4) is 0 Å². The summed E-state index contributed by atoms with van der Waals surface area (Å²) >= 11 is 0. The molecule has 21 heavy (non-hydrogen) atoms. The van der Waals surface area contributed by atoms with E-state index in [1.165, 1.54) is 0 Å². The van der Waals surface area contributed by atoms with Gasteiger partial charge in [-0.25, -0.2) is 8.42 Å². The third-order valence-electron chi connectivity index (χ3n) is 4.16. The Kier molecular flexibility index (Phi) is 5.40. The molecular weight excluding hydrogens is 288 g/mol. The number of piperidine rings is 1. The van der Waals surface area contributed by atoms with Gasteiger partial charge in [0.1, 0.15) is 4.90 Å². The molecule has 0 radical (unpaired) electrons. The quantitative estimate of drug-likeness (QED) is 0.837. The van der Waals surface area contributed by atoms with Crippen molar-refractivity contribution in [2.75, 3.05) is 19.6 Å². The van der Waals surface area contributed by atoms with Crippen LogP contribution in [0.4, 0.5) is 0 Å². The first kappa shape index (κ1) is 16.5. The molecule has 0 saturated carbocycles. The van der Waals surface area contributed by atoms with Gasteiger partial charge in [0.2, 0.25) is 10.0 Å². The topological polar surface area (TPSA) is 78.1 Å². The van der Waals surface area contributed by atoms with Crippen LogP contribution in [-0.2, 0) is 16.6 Å². The first-order valence-corrected chi connectivity index (χ1v) is 9.19. The van der Waals surface area contributed by atoms with Crippen LogP contribution in [-0.4, -0.2) is 42.6 Å². The highest BCUT2D eigenvalue weighted by atomic mass is 32.2. The number of nitrogens with zero attached hydrogens (tertiary/aromatic N) is 2. The van der Waals surface area contributed by atoms with Gasteiger partial charge in [-0.05, 0) is 32.2 Å². The Balaban J connectivity index is 2.28. The summed E-state index contributed by atoms with van der Waals surface area (Å²) in [6.07, 6.45) is 3.09. The minimum atomic E-state index is -3.45. The number of nitrogens with one attached hydrogen (secondary N) is 2. The molecule has 0 aliphatic carbocycles. The van der Waals surface area contributed by atoms with Crippen LogP contribution < -0.4 is 5.32 Å². The van der Waals surface area contributed by atoms with E-state index in [1.807, 2.05) is 6.92 Å². The van der Waals surface area contributed by atoms with Gasteiger partial charge in [-0.1, -0.05) is 20.3 Å². The maximum Gasteiger partial charge on any atom is 0.246 e. The molecule has 1 atom stereocenters. The maximum atomic E-state index is 13.0. The van der Waals surface area contributed by atoms with E-state index in [0.717, 1.165) is 25.8 Å². The standard InChI is InChI=1S/C14H26N4O2S/c1-4-12-7-6-8-18(10-12)21(19,20)14-11(3)16-17-13(14)9-15-5-2/h12,15H,4-10H2,1-3H3,(H,16,17). The summed E-state index contributed by atoms with van der Waals surface area (Å²) in [6, 6.07) is 0. The van der Waals surface area contributed by atoms with Gasteiger partial charge in [-0.2, -0.15) is 9.40 Å². The highest BCUT2D eigenvalue weighted by Gasteiger charge is 2.33. The molecule has 7 heteroatoms. The fraction of sp³-hybridized carbons (Fsp3) is 0.786. The average molecular weight is 314 g/mol. The second kappa shape index (κ2) is 6.89. The first-order chi connectivity index (χ1) is 10.0. The van der Waals surface area contributed by atoms with Crippen LogP contribution in [0.1, 0.15) is 44.5 Å². The Bertz CT molecular complexity index is 568. The number of sulfonamides is 1. The van der Waals surface area contributed by atoms with E-state index < -0.39 is 10.0 Å². The van der Waals surface area contributed by atoms with Crippen molar-refractivity contribution in [3.05, 3.63) is 11.4 Å². The van der Waals surface area contributed by atoms with Gasteiger partial charge in [-0.3, -0.25) is 5.10 Å². The van der Waals surface area contributed by atoms with E-state index in [9.17, 15) is 8.42 Å². The van der Waals surface area contributed by atoms with Crippen LogP contribution in [0.5, 0.6) is 0 Å². The number of hydrogen-bond acceptors (Lipinski definition) is 4. The van der Waals surface area contributed by atoms with E-state index in [4.69, 9.17) is 0 Å². The number of aryl methyl sites for hydroxylation is 1. The Morgan fingerprint density at radius 1 is 1.43 bits per heavy atom. The van der Waals surface area contributed by atoms with Crippen molar-refractivity contribution in [2.45, 2.75) is 51.5 Å². The molecule has 0 amide bonds. The van der Waals surface area contributed by atoms with Gasteiger partial charge < -0.3 is 5.32 Å². The van der Waals surface area contributed by atoms with Crippen LogP contribution >= 0.6 is 0 Å². The summed E-state index contributed by atoms with van der Waals surface area (Å²) in [5, 5.41) is 10.1. The van der Waals surface area contributed by atoms with Crippen LogP contribution in [0, 0.1) is 12.8 Å². The number of aromatic amines is 1. The fourth-order valence-electron chi connectivity index (χ4n) is 2.88.